The number of rotatable bonds is 3. The topological polar surface area (TPSA) is 44.7 Å². The molecule has 0 aliphatic carbocycles. The zero-order chi connectivity index (χ0) is 13.3. The first-order valence-electron chi connectivity index (χ1n) is 6.43. The van der Waals surface area contributed by atoms with E-state index in [1.807, 2.05) is 13.8 Å². The molecule has 3 unspecified atom stereocenters. The minimum atomic E-state index is -0.389. The van der Waals surface area contributed by atoms with Gasteiger partial charge in [-0.3, -0.25) is 0 Å². The molecule has 0 N–H and O–H groups in total. The Bertz CT molecular complexity index is 306. The minimum absolute atomic E-state index is 0.129. The maximum atomic E-state index is 12.6. The molecule has 0 aromatic rings. The van der Waals surface area contributed by atoms with Crippen LogP contribution in [-0.4, -0.2) is 29.0 Å². The third-order valence-corrected chi connectivity index (χ3v) is 4.63. The molecule has 99 valence electrons. The van der Waals surface area contributed by atoms with Crippen molar-refractivity contribution in [2.24, 2.45) is 11.1 Å². The van der Waals surface area contributed by atoms with E-state index in [1.54, 1.807) is 7.11 Å². The summed E-state index contributed by atoms with van der Waals surface area (Å²) in [6.07, 6.45) is 2.33. The van der Waals surface area contributed by atoms with E-state index >= 15 is 0 Å². The van der Waals surface area contributed by atoms with Gasteiger partial charge < -0.3 is 4.84 Å². The van der Waals surface area contributed by atoms with Gasteiger partial charge in [-0.2, -0.15) is 0 Å². The van der Waals surface area contributed by atoms with E-state index in [2.05, 4.69) is 25.9 Å². The lowest BCUT2D eigenvalue weighted by Crippen LogP contribution is -2.64. The third-order valence-electron chi connectivity index (χ3n) is 4.63. The van der Waals surface area contributed by atoms with E-state index in [9.17, 15) is 5.21 Å². The number of hydrogen-bond donors (Lipinski definition) is 0. The summed E-state index contributed by atoms with van der Waals surface area (Å²) >= 11 is 0. The smallest absolute Gasteiger partial charge is 0.106 e. The predicted octanol–water partition coefficient (Wildman–Crippen LogP) is 3.01. The van der Waals surface area contributed by atoms with Crippen molar-refractivity contribution in [2.45, 2.75) is 65.0 Å². The number of hydroxylamine groups is 2. The molecule has 1 fully saturated rings. The van der Waals surface area contributed by atoms with Crippen molar-refractivity contribution >= 4 is 5.71 Å². The van der Waals surface area contributed by atoms with Gasteiger partial charge in [-0.05, 0) is 26.7 Å². The van der Waals surface area contributed by atoms with Crippen LogP contribution < -0.4 is 0 Å². The summed E-state index contributed by atoms with van der Waals surface area (Å²) in [5.74, 6) is 0.129. The molecule has 17 heavy (non-hydrogen) atoms. The van der Waals surface area contributed by atoms with Crippen LogP contribution in [0.25, 0.3) is 0 Å². The predicted molar refractivity (Wildman–Crippen MR) is 68.1 cm³/mol. The summed E-state index contributed by atoms with van der Waals surface area (Å²) in [5, 5.41) is 18.1. The highest BCUT2D eigenvalue weighted by molar-refractivity contribution is 5.89. The average Bonchev–Trinajstić information content (AvgIpc) is 2.33. The van der Waals surface area contributed by atoms with E-state index in [1.165, 1.54) is 5.06 Å². The summed E-state index contributed by atoms with van der Waals surface area (Å²) < 4.78 is 0. The maximum absolute atomic E-state index is 12.6. The van der Waals surface area contributed by atoms with Gasteiger partial charge >= 0.3 is 0 Å². The second kappa shape index (κ2) is 4.94. The zero-order valence-corrected chi connectivity index (χ0v) is 11.9. The first-order valence-corrected chi connectivity index (χ1v) is 6.43. The van der Waals surface area contributed by atoms with Crippen LogP contribution in [0.2, 0.25) is 0 Å². The fraction of sp³-hybridized carbons (Fsp3) is 0.923. The first kappa shape index (κ1) is 14.5. The van der Waals surface area contributed by atoms with Crippen molar-refractivity contribution < 1.29 is 10.0 Å². The molecular formula is C13H25N2O2. The first-order chi connectivity index (χ1) is 7.85. The molecule has 0 aromatic heterocycles. The zero-order valence-electron chi connectivity index (χ0n) is 11.9. The minimum Gasteiger partial charge on any atom is -0.399 e. The molecule has 0 amide bonds. The lowest BCUT2D eigenvalue weighted by Gasteiger charge is -2.53. The second-order valence-electron chi connectivity index (χ2n) is 5.52. The van der Waals surface area contributed by atoms with Crippen LogP contribution >= 0.6 is 0 Å². The van der Waals surface area contributed by atoms with Gasteiger partial charge in [0.15, 0.2) is 0 Å². The molecule has 1 saturated heterocycles. The van der Waals surface area contributed by atoms with E-state index in [0.717, 1.165) is 18.6 Å². The molecule has 0 spiro atoms. The van der Waals surface area contributed by atoms with Gasteiger partial charge in [0.05, 0.1) is 16.8 Å². The normalized spacial score (nSPS) is 41.8. The van der Waals surface area contributed by atoms with Crippen molar-refractivity contribution in [3.8, 4) is 0 Å². The molecule has 0 aromatic carbocycles. The third kappa shape index (κ3) is 2.20. The van der Waals surface area contributed by atoms with Gasteiger partial charge in [0.1, 0.15) is 7.11 Å². The van der Waals surface area contributed by atoms with Gasteiger partial charge in [-0.25, -0.2) is 0 Å². The number of hydrogen-bond acceptors (Lipinski definition) is 3. The van der Waals surface area contributed by atoms with Crippen molar-refractivity contribution in [2.75, 3.05) is 7.11 Å². The number of piperidine rings is 1. The highest BCUT2D eigenvalue weighted by Gasteiger charge is 2.52. The Hall–Kier alpha value is -0.610. The van der Waals surface area contributed by atoms with E-state index in [-0.39, 0.29) is 17.0 Å². The summed E-state index contributed by atoms with van der Waals surface area (Å²) in [4.78, 5) is 4.93. The Morgan fingerprint density at radius 2 is 2.00 bits per heavy atom. The lowest BCUT2D eigenvalue weighted by atomic mass is 9.70. The molecule has 1 radical (unpaired) electrons. The molecule has 4 nitrogen and oxygen atoms in total. The van der Waals surface area contributed by atoms with E-state index in [4.69, 9.17) is 4.84 Å². The molecule has 1 aliphatic heterocycles. The quantitative estimate of drug-likeness (QED) is 0.713. The summed E-state index contributed by atoms with van der Waals surface area (Å²) in [6.45, 7) is 10.2. The summed E-state index contributed by atoms with van der Waals surface area (Å²) in [7, 11) is 1.57. The van der Waals surface area contributed by atoms with Crippen LogP contribution in [0, 0.1) is 5.92 Å². The lowest BCUT2D eigenvalue weighted by molar-refractivity contribution is -0.293. The summed E-state index contributed by atoms with van der Waals surface area (Å²) in [6, 6.07) is 0. The summed E-state index contributed by atoms with van der Waals surface area (Å²) in [5.41, 5.74) is 0.253. The molecule has 1 heterocycles. The monoisotopic (exact) mass is 241 g/mol. The van der Waals surface area contributed by atoms with Crippen LogP contribution in [0.5, 0.6) is 0 Å². The Morgan fingerprint density at radius 1 is 1.41 bits per heavy atom. The Labute approximate surface area is 105 Å². The van der Waals surface area contributed by atoms with Crippen LogP contribution in [0.1, 0.15) is 53.9 Å². The van der Waals surface area contributed by atoms with Gasteiger partial charge in [0.25, 0.3) is 0 Å². The van der Waals surface area contributed by atoms with Crippen molar-refractivity contribution in [1.29, 1.82) is 0 Å². The van der Waals surface area contributed by atoms with E-state index in [0.29, 0.717) is 6.42 Å². The molecule has 0 saturated carbocycles. The van der Waals surface area contributed by atoms with Crippen LogP contribution in [-0.2, 0) is 10.0 Å². The Morgan fingerprint density at radius 3 is 2.41 bits per heavy atom. The highest BCUT2D eigenvalue weighted by atomic mass is 16.6. The molecule has 4 heteroatoms. The van der Waals surface area contributed by atoms with Crippen molar-refractivity contribution in [1.82, 2.24) is 5.06 Å². The molecule has 0 bridgehead atoms. The molecule has 1 aliphatic rings. The SMILES string of the molecule is CCC1(C)C/C(=N/OC)C(C)C(C)(CC)N1[O]. The molecule has 3 atom stereocenters. The van der Waals surface area contributed by atoms with Gasteiger partial charge in [-0.1, -0.05) is 25.9 Å². The van der Waals surface area contributed by atoms with Crippen molar-refractivity contribution in [3.05, 3.63) is 0 Å². The number of nitrogens with zero attached hydrogens (tertiary/aromatic N) is 2. The fourth-order valence-corrected chi connectivity index (χ4v) is 2.71. The van der Waals surface area contributed by atoms with Crippen molar-refractivity contribution in [3.63, 3.8) is 0 Å². The van der Waals surface area contributed by atoms with Crippen LogP contribution in [0.4, 0.5) is 0 Å². The molecule has 1 rings (SSSR count). The Balaban J connectivity index is 3.18. The van der Waals surface area contributed by atoms with Gasteiger partial charge in [-0.15, -0.1) is 10.3 Å². The van der Waals surface area contributed by atoms with Crippen LogP contribution in [0.15, 0.2) is 5.16 Å². The van der Waals surface area contributed by atoms with Crippen LogP contribution in [0.3, 0.4) is 0 Å². The second-order valence-corrected chi connectivity index (χ2v) is 5.52. The largest absolute Gasteiger partial charge is 0.399 e. The van der Waals surface area contributed by atoms with Gasteiger partial charge in [0, 0.05) is 12.3 Å². The fourth-order valence-electron chi connectivity index (χ4n) is 2.71. The van der Waals surface area contributed by atoms with Gasteiger partial charge in [0.2, 0.25) is 0 Å². The highest BCUT2D eigenvalue weighted by Crippen LogP contribution is 2.43. The standard InChI is InChI=1S/C13H25N2O2/c1-7-12(4)9-11(14-17-6)10(3)13(5,8-2)15(12)16/h10H,7-9H2,1-6H3/b14-11-. The average molecular weight is 241 g/mol. The Kier molecular flexibility index (Phi) is 4.20. The maximum Gasteiger partial charge on any atom is 0.106 e. The number of oxime groups is 1. The van der Waals surface area contributed by atoms with E-state index < -0.39 is 0 Å². The molecular weight excluding hydrogens is 216 g/mol.